The van der Waals surface area contributed by atoms with E-state index in [2.05, 4.69) is 20.8 Å². The lowest BCUT2D eigenvalue weighted by Crippen LogP contribution is -2.38. The summed E-state index contributed by atoms with van der Waals surface area (Å²) in [7, 11) is 0. The van der Waals surface area contributed by atoms with Crippen LogP contribution >= 0.6 is 0 Å². The molecular formula is C14H23NO2. The number of carbonyl (C=O) groups is 2. The first-order valence-electron chi connectivity index (χ1n) is 6.50. The van der Waals surface area contributed by atoms with Gasteiger partial charge in [0.2, 0.25) is 5.91 Å². The van der Waals surface area contributed by atoms with Gasteiger partial charge in [-0.05, 0) is 37.0 Å². The van der Waals surface area contributed by atoms with Crippen LogP contribution in [0.15, 0.2) is 0 Å². The number of ketones is 1. The smallest absolute Gasteiger partial charge is 0.230 e. The van der Waals surface area contributed by atoms with E-state index in [1.165, 1.54) is 13.3 Å². The lowest BCUT2D eigenvalue weighted by molar-refractivity contribution is -0.135. The Bertz CT molecular complexity index is 361. The van der Waals surface area contributed by atoms with Crippen molar-refractivity contribution < 1.29 is 9.59 Å². The summed E-state index contributed by atoms with van der Waals surface area (Å²) >= 11 is 0. The molecule has 0 spiro atoms. The highest BCUT2D eigenvalue weighted by molar-refractivity contribution is 5.97. The van der Waals surface area contributed by atoms with Crippen molar-refractivity contribution in [3.8, 4) is 0 Å². The van der Waals surface area contributed by atoms with E-state index >= 15 is 0 Å². The minimum Gasteiger partial charge on any atom is -0.339 e. The van der Waals surface area contributed by atoms with E-state index in [0.29, 0.717) is 11.5 Å². The molecule has 1 heterocycles. The van der Waals surface area contributed by atoms with Crippen LogP contribution in [0, 0.1) is 10.8 Å². The monoisotopic (exact) mass is 237 g/mol. The largest absolute Gasteiger partial charge is 0.339 e. The van der Waals surface area contributed by atoms with Crippen molar-refractivity contribution in [1.82, 2.24) is 4.90 Å². The zero-order valence-electron chi connectivity index (χ0n) is 11.4. The Balaban J connectivity index is 2.13. The number of carbonyl (C=O) groups excluding carboxylic acids is 2. The van der Waals surface area contributed by atoms with Crippen molar-refractivity contribution in [2.45, 2.75) is 59.4 Å². The number of rotatable bonds is 2. The second-order valence-corrected chi connectivity index (χ2v) is 7.11. The maximum absolute atomic E-state index is 12.1. The molecule has 2 rings (SSSR count). The SMILES string of the molecule is CC(=O)CC(=O)N1CC2(C)CC1CC(C)(C)C2. The first-order chi connectivity index (χ1) is 7.71. The van der Waals surface area contributed by atoms with Gasteiger partial charge in [-0.3, -0.25) is 9.59 Å². The molecule has 0 radical (unpaired) electrons. The molecule has 96 valence electrons. The van der Waals surface area contributed by atoms with Crippen molar-refractivity contribution in [3.05, 3.63) is 0 Å². The van der Waals surface area contributed by atoms with Crippen LogP contribution in [0.5, 0.6) is 0 Å². The van der Waals surface area contributed by atoms with Gasteiger partial charge in [-0.2, -0.15) is 0 Å². The summed E-state index contributed by atoms with van der Waals surface area (Å²) in [6.07, 6.45) is 3.44. The van der Waals surface area contributed by atoms with Crippen molar-refractivity contribution in [2.75, 3.05) is 6.54 Å². The molecule has 1 saturated carbocycles. The third kappa shape index (κ3) is 2.53. The number of amides is 1. The molecule has 0 aromatic rings. The average molecular weight is 237 g/mol. The van der Waals surface area contributed by atoms with Gasteiger partial charge in [0.25, 0.3) is 0 Å². The van der Waals surface area contributed by atoms with Crippen molar-refractivity contribution >= 4 is 11.7 Å². The van der Waals surface area contributed by atoms with E-state index in [1.54, 1.807) is 0 Å². The summed E-state index contributed by atoms with van der Waals surface area (Å²) in [6, 6.07) is 0.357. The predicted octanol–water partition coefficient (Wildman–Crippen LogP) is 2.39. The maximum atomic E-state index is 12.1. The topological polar surface area (TPSA) is 37.4 Å². The van der Waals surface area contributed by atoms with Gasteiger partial charge in [0.05, 0.1) is 6.42 Å². The first kappa shape index (κ1) is 12.6. The molecule has 2 fully saturated rings. The molecule has 0 N–H and O–H groups in total. The molecule has 1 aliphatic heterocycles. The van der Waals surface area contributed by atoms with Crippen molar-refractivity contribution in [1.29, 1.82) is 0 Å². The lowest BCUT2D eigenvalue weighted by atomic mass is 9.65. The van der Waals surface area contributed by atoms with Gasteiger partial charge in [0.15, 0.2) is 0 Å². The van der Waals surface area contributed by atoms with Crippen LogP contribution in [0.2, 0.25) is 0 Å². The molecule has 1 aliphatic carbocycles. The van der Waals surface area contributed by atoms with Gasteiger partial charge in [-0.1, -0.05) is 20.8 Å². The molecule has 17 heavy (non-hydrogen) atoms. The third-order valence-corrected chi connectivity index (χ3v) is 4.14. The first-order valence-corrected chi connectivity index (χ1v) is 6.50. The van der Waals surface area contributed by atoms with Gasteiger partial charge in [-0.15, -0.1) is 0 Å². The molecule has 3 nitrogen and oxygen atoms in total. The molecule has 1 amide bonds. The molecule has 0 aromatic carbocycles. The fraction of sp³-hybridized carbons (Fsp3) is 0.857. The summed E-state index contributed by atoms with van der Waals surface area (Å²) < 4.78 is 0. The molecular weight excluding hydrogens is 214 g/mol. The summed E-state index contributed by atoms with van der Waals surface area (Å²) in [5.74, 6) is 0.00443. The van der Waals surface area contributed by atoms with Gasteiger partial charge in [-0.25, -0.2) is 0 Å². The van der Waals surface area contributed by atoms with E-state index in [1.807, 2.05) is 4.90 Å². The van der Waals surface area contributed by atoms with Crippen LogP contribution < -0.4 is 0 Å². The Morgan fingerprint density at radius 1 is 1.24 bits per heavy atom. The standard InChI is InChI=1S/C14H23NO2/c1-10(16)5-12(17)15-9-14(4)7-11(15)6-13(2,3)8-14/h11H,5-9H2,1-4H3. The van der Waals surface area contributed by atoms with Crippen LogP contribution in [0.25, 0.3) is 0 Å². The van der Waals surface area contributed by atoms with Crippen molar-refractivity contribution in [3.63, 3.8) is 0 Å². The minimum atomic E-state index is -0.0270. The van der Waals surface area contributed by atoms with E-state index < -0.39 is 0 Å². The van der Waals surface area contributed by atoms with Crippen LogP contribution in [0.3, 0.4) is 0 Å². The number of Topliss-reactive ketones (excluding diaryl/α,β-unsaturated/α-hetero) is 1. The van der Waals surface area contributed by atoms with Crippen LogP contribution in [-0.4, -0.2) is 29.2 Å². The second-order valence-electron chi connectivity index (χ2n) is 7.11. The van der Waals surface area contributed by atoms with Crippen LogP contribution in [0.1, 0.15) is 53.4 Å². The Morgan fingerprint density at radius 3 is 2.47 bits per heavy atom. The second kappa shape index (κ2) is 3.82. The third-order valence-electron chi connectivity index (χ3n) is 4.14. The molecule has 2 aliphatic rings. The molecule has 1 saturated heterocycles. The highest BCUT2D eigenvalue weighted by Gasteiger charge is 2.50. The van der Waals surface area contributed by atoms with Gasteiger partial charge >= 0.3 is 0 Å². The Hall–Kier alpha value is -0.860. The fourth-order valence-electron chi connectivity index (χ4n) is 4.07. The molecule has 2 bridgehead atoms. The molecule has 2 atom stereocenters. The molecule has 3 heteroatoms. The average Bonchev–Trinajstić information content (AvgIpc) is 2.33. The molecule has 0 aromatic heterocycles. The van der Waals surface area contributed by atoms with E-state index in [4.69, 9.17) is 0 Å². The number of nitrogens with zero attached hydrogens (tertiary/aromatic N) is 1. The predicted molar refractivity (Wildman–Crippen MR) is 66.5 cm³/mol. The zero-order valence-corrected chi connectivity index (χ0v) is 11.4. The highest BCUT2D eigenvalue weighted by atomic mass is 16.2. The van der Waals surface area contributed by atoms with Gasteiger partial charge in [0.1, 0.15) is 5.78 Å². The summed E-state index contributed by atoms with van der Waals surface area (Å²) in [5.41, 5.74) is 0.585. The number of likely N-dealkylation sites (tertiary alicyclic amines) is 1. The normalized spacial score (nSPS) is 34.8. The highest BCUT2D eigenvalue weighted by Crippen LogP contribution is 2.52. The Morgan fingerprint density at radius 2 is 1.88 bits per heavy atom. The van der Waals surface area contributed by atoms with E-state index in [9.17, 15) is 9.59 Å². The fourth-order valence-corrected chi connectivity index (χ4v) is 4.07. The van der Waals surface area contributed by atoms with E-state index in [0.717, 1.165) is 19.4 Å². The zero-order chi connectivity index (χ0) is 12.8. The number of fused-ring (bicyclic) bond motifs is 2. The van der Waals surface area contributed by atoms with Crippen LogP contribution in [0.4, 0.5) is 0 Å². The Kier molecular flexibility index (Phi) is 2.83. The number of hydrogen-bond acceptors (Lipinski definition) is 2. The summed E-state index contributed by atoms with van der Waals surface area (Å²) in [6.45, 7) is 9.19. The van der Waals surface area contributed by atoms with Crippen molar-refractivity contribution in [2.24, 2.45) is 10.8 Å². The maximum Gasteiger partial charge on any atom is 0.230 e. The van der Waals surface area contributed by atoms with Gasteiger partial charge in [0, 0.05) is 12.6 Å². The lowest BCUT2D eigenvalue weighted by Gasteiger charge is -2.39. The summed E-state index contributed by atoms with van der Waals surface area (Å²) in [5, 5.41) is 0. The van der Waals surface area contributed by atoms with Crippen LogP contribution in [-0.2, 0) is 9.59 Å². The minimum absolute atomic E-state index is 0.0270. The molecule has 2 unspecified atom stereocenters. The van der Waals surface area contributed by atoms with E-state index in [-0.39, 0.29) is 23.5 Å². The quantitative estimate of drug-likeness (QED) is 0.692. The van der Waals surface area contributed by atoms with Gasteiger partial charge < -0.3 is 4.90 Å². The Labute approximate surface area is 104 Å². The number of hydrogen-bond donors (Lipinski definition) is 0. The summed E-state index contributed by atoms with van der Waals surface area (Å²) in [4.78, 5) is 25.1.